The summed E-state index contributed by atoms with van der Waals surface area (Å²) in [4.78, 5) is 0. The third kappa shape index (κ3) is 4.68. The molecule has 0 unspecified atom stereocenters. The van der Waals surface area contributed by atoms with E-state index in [1.54, 1.807) is 0 Å². The molecule has 0 rings (SSSR count). The summed E-state index contributed by atoms with van der Waals surface area (Å²) in [5, 5.41) is 4.52. The van der Waals surface area contributed by atoms with Crippen LogP contribution in [0.5, 0.6) is 0 Å². The summed E-state index contributed by atoms with van der Waals surface area (Å²) >= 11 is 0. The summed E-state index contributed by atoms with van der Waals surface area (Å²) in [5.41, 5.74) is 0. The van der Waals surface area contributed by atoms with Gasteiger partial charge in [-0.25, -0.2) is 13.6 Å². The second-order valence-electron chi connectivity index (χ2n) is 2.03. The summed E-state index contributed by atoms with van der Waals surface area (Å²) in [6, 6.07) is 0. The Labute approximate surface area is 86.2 Å². The molecular formula is C5H14NNaO2S. The minimum Gasteiger partial charge on any atom is -1.00 e. The van der Waals surface area contributed by atoms with Gasteiger partial charge in [0.15, 0.2) is 0 Å². The van der Waals surface area contributed by atoms with Crippen LogP contribution >= 0.6 is 0 Å². The Bertz CT molecular complexity index is 167. The van der Waals surface area contributed by atoms with Crippen LogP contribution in [0, 0.1) is 0 Å². The molecule has 0 aliphatic rings. The van der Waals surface area contributed by atoms with Crippen molar-refractivity contribution in [2.75, 3.05) is 0 Å². The van der Waals surface area contributed by atoms with Crippen LogP contribution in [0.1, 0.15) is 28.1 Å². The van der Waals surface area contributed by atoms with Crippen molar-refractivity contribution >= 4 is 10.0 Å². The fraction of sp³-hybridized carbons (Fsp3) is 1.00. The van der Waals surface area contributed by atoms with Crippen molar-refractivity contribution in [1.82, 2.24) is 0 Å². The van der Waals surface area contributed by atoms with E-state index in [0.717, 1.165) is 0 Å². The summed E-state index contributed by atoms with van der Waals surface area (Å²) in [7, 11) is -3.27. The maximum absolute atomic E-state index is 10.6. The Morgan fingerprint density at radius 2 is 1.70 bits per heavy atom. The molecule has 0 saturated heterocycles. The van der Waals surface area contributed by atoms with E-state index in [4.69, 9.17) is 5.14 Å². The van der Waals surface area contributed by atoms with Gasteiger partial charge in [0, 0.05) is 0 Å². The van der Waals surface area contributed by atoms with Crippen LogP contribution in [-0.2, 0) is 10.0 Å². The molecule has 0 amide bonds. The van der Waals surface area contributed by atoms with E-state index in [1.807, 2.05) is 13.8 Å². The zero-order valence-electron chi connectivity index (χ0n) is 7.79. The van der Waals surface area contributed by atoms with Crippen LogP contribution in [0.4, 0.5) is 0 Å². The minimum absolute atomic E-state index is 0. The average molecular weight is 175 g/mol. The summed E-state index contributed by atoms with van der Waals surface area (Å²) < 4.78 is 21.1. The molecule has 0 spiro atoms. The molecular weight excluding hydrogens is 161 g/mol. The normalized spacial score (nSPS) is 11.2. The first-order chi connectivity index (χ1) is 4.02. The van der Waals surface area contributed by atoms with Crippen molar-refractivity contribution in [1.29, 1.82) is 0 Å². The fourth-order valence-corrected chi connectivity index (χ4v) is 1.68. The predicted molar refractivity (Wildman–Crippen MR) is 38.6 cm³/mol. The monoisotopic (exact) mass is 175 g/mol. The summed E-state index contributed by atoms with van der Waals surface area (Å²) in [5.74, 6) is 0. The first kappa shape index (κ1) is 13.5. The van der Waals surface area contributed by atoms with Gasteiger partial charge in [-0.05, 0) is 12.8 Å². The van der Waals surface area contributed by atoms with Gasteiger partial charge >= 0.3 is 29.6 Å². The zero-order chi connectivity index (χ0) is 7.49. The molecule has 58 valence electrons. The van der Waals surface area contributed by atoms with Crippen molar-refractivity contribution < 1.29 is 39.4 Å². The third-order valence-corrected chi connectivity index (χ3v) is 2.97. The Balaban J connectivity index is -0.000000320. The Hall–Kier alpha value is 0.910. The van der Waals surface area contributed by atoms with Gasteiger partial charge in [-0.1, -0.05) is 13.8 Å². The van der Waals surface area contributed by atoms with Crippen LogP contribution in [0.2, 0.25) is 0 Å². The van der Waals surface area contributed by atoms with E-state index >= 15 is 0 Å². The van der Waals surface area contributed by atoms with E-state index < -0.39 is 10.0 Å². The topological polar surface area (TPSA) is 60.2 Å². The Morgan fingerprint density at radius 1 is 1.40 bits per heavy atom. The van der Waals surface area contributed by atoms with E-state index in [-0.39, 0.29) is 36.2 Å². The maximum Gasteiger partial charge on any atom is 1.00 e. The predicted octanol–water partition coefficient (Wildman–Crippen LogP) is -2.42. The van der Waals surface area contributed by atoms with Crippen molar-refractivity contribution in [3.05, 3.63) is 0 Å². The van der Waals surface area contributed by atoms with Gasteiger partial charge in [0.25, 0.3) is 0 Å². The molecule has 0 aliphatic heterocycles. The van der Waals surface area contributed by atoms with E-state index in [2.05, 4.69) is 0 Å². The first-order valence-corrected chi connectivity index (χ1v) is 4.64. The average Bonchev–Trinajstić information content (AvgIpc) is 1.65. The van der Waals surface area contributed by atoms with Crippen LogP contribution in [-0.4, -0.2) is 13.7 Å². The summed E-state index contributed by atoms with van der Waals surface area (Å²) in [6.07, 6.45) is 1.21. The number of hydrogen-bond acceptors (Lipinski definition) is 2. The van der Waals surface area contributed by atoms with E-state index in [1.165, 1.54) is 0 Å². The van der Waals surface area contributed by atoms with Crippen molar-refractivity contribution in [3.63, 3.8) is 0 Å². The minimum atomic E-state index is -3.27. The molecule has 0 fully saturated rings. The molecule has 0 heterocycles. The Morgan fingerprint density at radius 3 is 1.70 bits per heavy atom. The largest absolute Gasteiger partial charge is 1.00 e. The third-order valence-electron chi connectivity index (χ3n) is 1.38. The molecule has 0 aliphatic carbocycles. The van der Waals surface area contributed by atoms with Crippen molar-refractivity contribution in [2.24, 2.45) is 5.14 Å². The van der Waals surface area contributed by atoms with Gasteiger partial charge in [0.05, 0.1) is 5.25 Å². The first-order valence-electron chi connectivity index (χ1n) is 3.04. The number of primary sulfonamides is 1. The van der Waals surface area contributed by atoms with E-state index in [0.29, 0.717) is 12.8 Å². The molecule has 0 bridgehead atoms. The van der Waals surface area contributed by atoms with Gasteiger partial charge in [0.1, 0.15) is 0 Å². The fourth-order valence-electron chi connectivity index (χ4n) is 0.753. The van der Waals surface area contributed by atoms with Crippen LogP contribution in [0.3, 0.4) is 0 Å². The van der Waals surface area contributed by atoms with Crippen LogP contribution < -0.4 is 34.7 Å². The number of hydrogen-bond donors (Lipinski definition) is 1. The molecule has 0 radical (unpaired) electrons. The zero-order valence-corrected chi connectivity index (χ0v) is 9.61. The number of nitrogens with two attached hydrogens (primary N) is 1. The number of rotatable bonds is 3. The molecule has 2 N–H and O–H groups in total. The van der Waals surface area contributed by atoms with E-state index in [9.17, 15) is 8.42 Å². The second kappa shape index (κ2) is 5.55. The quantitative estimate of drug-likeness (QED) is 0.485. The Kier molecular flexibility index (Phi) is 7.49. The molecule has 0 aromatic heterocycles. The van der Waals surface area contributed by atoms with Gasteiger partial charge in [-0.15, -0.1) is 0 Å². The SMILES string of the molecule is CCC(CC)S(N)(=O)=O.[H-].[Na+]. The molecule has 0 saturated carbocycles. The molecule has 5 heteroatoms. The molecule has 0 aromatic carbocycles. The molecule has 0 aromatic rings. The standard InChI is InChI=1S/C5H13NO2S.Na.H/c1-3-5(4-2)9(6,7)8;;/h5H,3-4H2,1-2H3,(H2,6,7,8);;/q;+1;-1. The number of sulfonamides is 1. The molecule has 3 nitrogen and oxygen atoms in total. The summed E-state index contributed by atoms with van der Waals surface area (Å²) in [6.45, 7) is 3.64. The second-order valence-corrected chi connectivity index (χ2v) is 3.87. The van der Waals surface area contributed by atoms with Gasteiger partial charge < -0.3 is 1.43 Å². The van der Waals surface area contributed by atoms with Gasteiger partial charge in [-0.3, -0.25) is 0 Å². The van der Waals surface area contributed by atoms with Crippen LogP contribution in [0.25, 0.3) is 0 Å². The van der Waals surface area contributed by atoms with Gasteiger partial charge in [0.2, 0.25) is 10.0 Å². The smallest absolute Gasteiger partial charge is 1.00 e. The molecule has 10 heavy (non-hydrogen) atoms. The van der Waals surface area contributed by atoms with Gasteiger partial charge in [-0.2, -0.15) is 0 Å². The van der Waals surface area contributed by atoms with Crippen molar-refractivity contribution in [3.8, 4) is 0 Å². The van der Waals surface area contributed by atoms with Crippen molar-refractivity contribution in [2.45, 2.75) is 31.9 Å². The molecule has 0 atom stereocenters. The maximum atomic E-state index is 10.6. The van der Waals surface area contributed by atoms with Crippen LogP contribution in [0.15, 0.2) is 0 Å².